The van der Waals surface area contributed by atoms with Crippen LogP contribution < -0.4 is 14.2 Å². The molecular formula is C23H22O3. The van der Waals surface area contributed by atoms with Gasteiger partial charge in [0.1, 0.15) is 0 Å². The van der Waals surface area contributed by atoms with E-state index in [2.05, 4.69) is 30.3 Å². The second-order valence-corrected chi connectivity index (χ2v) is 5.71. The van der Waals surface area contributed by atoms with Crippen molar-refractivity contribution in [2.75, 3.05) is 21.3 Å². The Hall–Kier alpha value is -3.20. The predicted octanol–water partition coefficient (Wildman–Crippen LogP) is 5.30. The number of rotatable bonds is 6. The molecule has 0 aliphatic carbocycles. The Bertz CT molecular complexity index is 843. The summed E-state index contributed by atoms with van der Waals surface area (Å²) in [6, 6.07) is 24.5. The number of hydrogen-bond donors (Lipinski definition) is 0. The molecule has 3 aromatic carbocycles. The third kappa shape index (κ3) is 3.57. The van der Waals surface area contributed by atoms with E-state index in [0.29, 0.717) is 17.2 Å². The highest BCUT2D eigenvalue weighted by atomic mass is 16.5. The molecule has 132 valence electrons. The van der Waals surface area contributed by atoms with Crippen molar-refractivity contribution in [2.45, 2.75) is 0 Å². The van der Waals surface area contributed by atoms with Gasteiger partial charge >= 0.3 is 0 Å². The molecule has 0 atom stereocenters. The fraction of sp³-hybridized carbons (Fsp3) is 0.130. The lowest BCUT2D eigenvalue weighted by atomic mass is 9.95. The zero-order valence-electron chi connectivity index (χ0n) is 15.2. The highest BCUT2D eigenvalue weighted by Crippen LogP contribution is 2.41. The smallest absolute Gasteiger partial charge is 0.203 e. The van der Waals surface area contributed by atoms with Crippen LogP contribution in [0.2, 0.25) is 0 Å². The van der Waals surface area contributed by atoms with Crippen molar-refractivity contribution in [1.29, 1.82) is 0 Å². The molecule has 0 aromatic heterocycles. The van der Waals surface area contributed by atoms with Crippen molar-refractivity contribution in [2.24, 2.45) is 0 Å². The molecule has 3 rings (SSSR count). The summed E-state index contributed by atoms with van der Waals surface area (Å²) in [7, 11) is 4.87. The van der Waals surface area contributed by atoms with Gasteiger partial charge in [-0.05, 0) is 34.9 Å². The Morgan fingerprint density at radius 1 is 0.615 bits per heavy atom. The third-order valence-corrected chi connectivity index (χ3v) is 4.20. The van der Waals surface area contributed by atoms with Crippen LogP contribution in [-0.4, -0.2) is 21.3 Å². The standard InChI is InChI=1S/C23H22O3/c1-24-21-15-14-19(22(25-2)23(21)26-3)16-20(17-10-6-4-7-11-17)18-12-8-5-9-13-18/h4-16H,1-3H3. The summed E-state index contributed by atoms with van der Waals surface area (Å²) in [6.45, 7) is 0. The van der Waals surface area contributed by atoms with Gasteiger partial charge in [-0.3, -0.25) is 0 Å². The lowest BCUT2D eigenvalue weighted by molar-refractivity contribution is 0.324. The summed E-state index contributed by atoms with van der Waals surface area (Å²) >= 11 is 0. The zero-order chi connectivity index (χ0) is 18.4. The maximum Gasteiger partial charge on any atom is 0.203 e. The van der Waals surface area contributed by atoms with Gasteiger partial charge in [-0.2, -0.15) is 0 Å². The Balaban J connectivity index is 2.21. The Morgan fingerprint density at radius 2 is 1.15 bits per heavy atom. The van der Waals surface area contributed by atoms with Crippen molar-refractivity contribution in [3.63, 3.8) is 0 Å². The molecule has 0 bridgehead atoms. The van der Waals surface area contributed by atoms with E-state index in [1.54, 1.807) is 21.3 Å². The summed E-state index contributed by atoms with van der Waals surface area (Å²) in [5.41, 5.74) is 4.30. The normalized spacial score (nSPS) is 10.1. The molecule has 0 saturated heterocycles. The molecule has 26 heavy (non-hydrogen) atoms. The second-order valence-electron chi connectivity index (χ2n) is 5.71. The van der Waals surface area contributed by atoms with Gasteiger partial charge in [0.15, 0.2) is 11.5 Å². The number of ether oxygens (including phenoxy) is 3. The average molecular weight is 346 g/mol. The maximum absolute atomic E-state index is 5.63. The van der Waals surface area contributed by atoms with E-state index in [-0.39, 0.29) is 0 Å². The molecule has 3 heteroatoms. The summed E-state index contributed by atoms with van der Waals surface area (Å²) in [6.07, 6.45) is 2.12. The summed E-state index contributed by atoms with van der Waals surface area (Å²) in [5, 5.41) is 0. The molecule has 0 aliphatic rings. The van der Waals surface area contributed by atoms with Crippen LogP contribution in [0.25, 0.3) is 11.6 Å². The van der Waals surface area contributed by atoms with E-state index in [9.17, 15) is 0 Å². The first-order valence-corrected chi connectivity index (χ1v) is 8.40. The second kappa shape index (κ2) is 8.26. The van der Waals surface area contributed by atoms with Crippen LogP contribution in [0.15, 0.2) is 72.8 Å². The first-order valence-electron chi connectivity index (χ1n) is 8.40. The fourth-order valence-electron chi connectivity index (χ4n) is 2.96. The van der Waals surface area contributed by atoms with Crippen molar-refractivity contribution in [1.82, 2.24) is 0 Å². The van der Waals surface area contributed by atoms with E-state index in [0.717, 1.165) is 22.3 Å². The van der Waals surface area contributed by atoms with Gasteiger partial charge in [0.2, 0.25) is 5.75 Å². The van der Waals surface area contributed by atoms with E-state index in [1.165, 1.54) is 0 Å². The molecule has 0 heterocycles. The Labute approximate surface area is 154 Å². The molecule has 0 radical (unpaired) electrons. The predicted molar refractivity (Wildman–Crippen MR) is 106 cm³/mol. The van der Waals surface area contributed by atoms with Gasteiger partial charge in [0, 0.05) is 5.56 Å². The maximum atomic E-state index is 5.63. The van der Waals surface area contributed by atoms with Crippen LogP contribution in [0.4, 0.5) is 0 Å². The number of methoxy groups -OCH3 is 3. The molecule has 0 saturated carbocycles. The van der Waals surface area contributed by atoms with E-state index < -0.39 is 0 Å². The SMILES string of the molecule is COc1ccc(C=C(c2ccccc2)c2ccccc2)c(OC)c1OC. The van der Waals surface area contributed by atoms with Crippen LogP contribution in [0.5, 0.6) is 17.2 Å². The highest BCUT2D eigenvalue weighted by Gasteiger charge is 2.16. The van der Waals surface area contributed by atoms with E-state index in [1.807, 2.05) is 48.5 Å². The van der Waals surface area contributed by atoms with Crippen LogP contribution in [0.1, 0.15) is 16.7 Å². The summed E-state index contributed by atoms with van der Waals surface area (Å²) < 4.78 is 16.5. The quantitative estimate of drug-likeness (QED) is 0.567. The largest absolute Gasteiger partial charge is 0.493 e. The minimum absolute atomic E-state index is 0.587. The minimum Gasteiger partial charge on any atom is -0.493 e. The summed E-state index contributed by atoms with van der Waals surface area (Å²) in [5.74, 6) is 1.88. The number of hydrogen-bond acceptors (Lipinski definition) is 3. The monoisotopic (exact) mass is 346 g/mol. The molecule has 0 fully saturated rings. The fourth-order valence-corrected chi connectivity index (χ4v) is 2.96. The van der Waals surface area contributed by atoms with Crippen LogP contribution in [0.3, 0.4) is 0 Å². The van der Waals surface area contributed by atoms with Gasteiger partial charge in [-0.15, -0.1) is 0 Å². The average Bonchev–Trinajstić information content (AvgIpc) is 2.72. The molecule has 0 unspecified atom stereocenters. The Morgan fingerprint density at radius 3 is 1.62 bits per heavy atom. The number of benzene rings is 3. The van der Waals surface area contributed by atoms with Crippen molar-refractivity contribution in [3.05, 3.63) is 89.5 Å². The molecule has 0 spiro atoms. The summed E-state index contributed by atoms with van der Waals surface area (Å²) in [4.78, 5) is 0. The van der Waals surface area contributed by atoms with Crippen LogP contribution in [0, 0.1) is 0 Å². The van der Waals surface area contributed by atoms with Crippen molar-refractivity contribution < 1.29 is 14.2 Å². The third-order valence-electron chi connectivity index (χ3n) is 4.20. The van der Waals surface area contributed by atoms with E-state index >= 15 is 0 Å². The van der Waals surface area contributed by atoms with Gasteiger partial charge < -0.3 is 14.2 Å². The lowest BCUT2D eigenvalue weighted by Gasteiger charge is -2.15. The zero-order valence-corrected chi connectivity index (χ0v) is 15.2. The lowest BCUT2D eigenvalue weighted by Crippen LogP contribution is -1.97. The van der Waals surface area contributed by atoms with Gasteiger partial charge in [0.05, 0.1) is 21.3 Å². The topological polar surface area (TPSA) is 27.7 Å². The van der Waals surface area contributed by atoms with Crippen LogP contribution >= 0.6 is 0 Å². The first kappa shape index (κ1) is 17.6. The highest BCUT2D eigenvalue weighted by molar-refractivity contribution is 5.93. The van der Waals surface area contributed by atoms with E-state index in [4.69, 9.17) is 14.2 Å². The molecule has 0 amide bonds. The van der Waals surface area contributed by atoms with Gasteiger partial charge in [-0.25, -0.2) is 0 Å². The molecular weight excluding hydrogens is 324 g/mol. The molecule has 0 aliphatic heterocycles. The van der Waals surface area contributed by atoms with Gasteiger partial charge in [-0.1, -0.05) is 60.7 Å². The first-order chi connectivity index (χ1) is 12.8. The van der Waals surface area contributed by atoms with Gasteiger partial charge in [0.25, 0.3) is 0 Å². The van der Waals surface area contributed by atoms with Crippen LogP contribution in [-0.2, 0) is 0 Å². The minimum atomic E-state index is 0.587. The Kier molecular flexibility index (Phi) is 5.59. The molecule has 0 N–H and O–H groups in total. The molecule has 3 nitrogen and oxygen atoms in total. The molecule has 3 aromatic rings. The van der Waals surface area contributed by atoms with Crippen molar-refractivity contribution >= 4 is 11.6 Å². The van der Waals surface area contributed by atoms with Crippen molar-refractivity contribution in [3.8, 4) is 17.2 Å².